The zero-order valence-corrected chi connectivity index (χ0v) is 16.8. The molecule has 2 fully saturated rings. The van der Waals surface area contributed by atoms with Gasteiger partial charge in [0, 0.05) is 5.56 Å². The minimum absolute atomic E-state index is 0.325. The van der Waals surface area contributed by atoms with Gasteiger partial charge < -0.3 is 20.6 Å². The molecule has 6 nitrogen and oxygen atoms in total. The van der Waals surface area contributed by atoms with Gasteiger partial charge in [-0.05, 0) is 74.2 Å². The highest BCUT2D eigenvalue weighted by molar-refractivity contribution is 5.60. The first-order valence-electron chi connectivity index (χ1n) is 10.5. The molecule has 0 saturated carbocycles. The fourth-order valence-corrected chi connectivity index (χ4v) is 4.01. The van der Waals surface area contributed by atoms with E-state index in [0.717, 1.165) is 60.1 Å². The fourth-order valence-electron chi connectivity index (χ4n) is 4.01. The molecule has 2 saturated heterocycles. The lowest BCUT2D eigenvalue weighted by Crippen LogP contribution is -2.14. The normalized spacial score (nSPS) is 20.4. The molecule has 150 valence electrons. The molecular formula is C24H24N6. The van der Waals surface area contributed by atoms with E-state index in [-0.39, 0.29) is 0 Å². The number of hydrogen-bond acceptors (Lipinski definition) is 4. The molecule has 30 heavy (non-hydrogen) atoms. The van der Waals surface area contributed by atoms with Crippen LogP contribution in [-0.4, -0.2) is 33.0 Å². The van der Waals surface area contributed by atoms with Crippen LogP contribution in [0.4, 0.5) is 0 Å². The van der Waals surface area contributed by atoms with Gasteiger partial charge in [0.2, 0.25) is 0 Å². The summed E-state index contributed by atoms with van der Waals surface area (Å²) in [5, 5.41) is 6.90. The zero-order chi connectivity index (χ0) is 20.2. The average Bonchev–Trinajstić information content (AvgIpc) is 3.58. The molecule has 0 amide bonds. The topological polar surface area (TPSA) is 81.4 Å². The van der Waals surface area contributed by atoms with E-state index in [9.17, 15) is 0 Å². The van der Waals surface area contributed by atoms with E-state index in [4.69, 9.17) is 0 Å². The third kappa shape index (κ3) is 4.16. The van der Waals surface area contributed by atoms with E-state index in [2.05, 4.69) is 66.4 Å². The van der Waals surface area contributed by atoms with E-state index in [1.807, 2.05) is 18.3 Å². The molecule has 0 aliphatic carbocycles. The van der Waals surface area contributed by atoms with Gasteiger partial charge in [-0.2, -0.15) is 0 Å². The molecule has 1 aromatic carbocycles. The number of nitrogens with one attached hydrogen (secondary N) is 4. The summed E-state index contributed by atoms with van der Waals surface area (Å²) in [6, 6.07) is 8.82. The lowest BCUT2D eigenvalue weighted by atomic mass is 10.1. The Labute approximate surface area is 176 Å². The number of H-pyrrole nitrogens is 2. The van der Waals surface area contributed by atoms with Crippen molar-refractivity contribution in [3.8, 4) is 34.9 Å². The summed E-state index contributed by atoms with van der Waals surface area (Å²) in [7, 11) is 0. The van der Waals surface area contributed by atoms with Gasteiger partial charge in [0.25, 0.3) is 0 Å². The van der Waals surface area contributed by atoms with Gasteiger partial charge in [-0.3, -0.25) is 0 Å². The molecule has 2 aliphatic heterocycles. The van der Waals surface area contributed by atoms with Crippen LogP contribution in [0.1, 0.15) is 60.7 Å². The number of aromatic nitrogens is 4. The van der Waals surface area contributed by atoms with Crippen molar-refractivity contribution in [2.75, 3.05) is 13.1 Å². The van der Waals surface area contributed by atoms with Crippen molar-refractivity contribution < 1.29 is 0 Å². The Morgan fingerprint density at radius 1 is 0.767 bits per heavy atom. The van der Waals surface area contributed by atoms with E-state index >= 15 is 0 Å². The second-order valence-corrected chi connectivity index (χ2v) is 7.74. The van der Waals surface area contributed by atoms with E-state index in [0.29, 0.717) is 12.1 Å². The second kappa shape index (κ2) is 8.59. The summed E-state index contributed by atoms with van der Waals surface area (Å²) < 4.78 is 0. The van der Waals surface area contributed by atoms with Crippen molar-refractivity contribution >= 4 is 0 Å². The molecule has 4 N–H and O–H groups in total. The van der Waals surface area contributed by atoms with Crippen molar-refractivity contribution in [2.24, 2.45) is 0 Å². The number of hydrogen-bond donors (Lipinski definition) is 4. The number of aromatic amines is 2. The van der Waals surface area contributed by atoms with Crippen molar-refractivity contribution in [2.45, 2.75) is 37.8 Å². The van der Waals surface area contributed by atoms with E-state index < -0.39 is 0 Å². The van der Waals surface area contributed by atoms with Crippen LogP contribution in [0.15, 0.2) is 36.7 Å². The Morgan fingerprint density at radius 2 is 1.43 bits per heavy atom. The molecule has 0 bridgehead atoms. The number of benzene rings is 1. The van der Waals surface area contributed by atoms with Gasteiger partial charge >= 0.3 is 0 Å². The molecular weight excluding hydrogens is 372 g/mol. The minimum Gasteiger partial charge on any atom is -0.341 e. The monoisotopic (exact) mass is 396 g/mol. The van der Waals surface area contributed by atoms with Crippen molar-refractivity contribution in [3.05, 3.63) is 59.6 Å². The predicted molar refractivity (Wildman–Crippen MR) is 116 cm³/mol. The van der Waals surface area contributed by atoms with E-state index in [1.54, 1.807) is 6.20 Å². The van der Waals surface area contributed by atoms with Gasteiger partial charge in [0.05, 0.1) is 30.2 Å². The largest absolute Gasteiger partial charge is 0.341 e. The maximum atomic E-state index is 4.54. The van der Waals surface area contributed by atoms with Crippen LogP contribution in [0.2, 0.25) is 0 Å². The van der Waals surface area contributed by atoms with Crippen LogP contribution < -0.4 is 10.6 Å². The third-order valence-electron chi connectivity index (χ3n) is 5.63. The van der Waals surface area contributed by atoms with E-state index in [1.165, 1.54) is 12.8 Å². The minimum atomic E-state index is 0.325. The van der Waals surface area contributed by atoms with Crippen LogP contribution in [0.25, 0.3) is 11.3 Å². The fraction of sp³-hybridized carbons (Fsp3) is 0.333. The van der Waals surface area contributed by atoms with Crippen LogP contribution in [0, 0.1) is 23.7 Å². The molecule has 0 radical (unpaired) electrons. The molecule has 6 heteroatoms. The smallest absolute Gasteiger partial charge is 0.124 e. The average molecular weight is 396 g/mol. The summed E-state index contributed by atoms with van der Waals surface area (Å²) in [5.41, 5.74) is 3.87. The van der Waals surface area contributed by atoms with Gasteiger partial charge in [-0.25, -0.2) is 9.97 Å². The van der Waals surface area contributed by atoms with Crippen LogP contribution >= 0.6 is 0 Å². The number of imidazole rings is 2. The van der Waals surface area contributed by atoms with Gasteiger partial charge in [-0.1, -0.05) is 18.1 Å². The maximum Gasteiger partial charge on any atom is 0.124 e. The summed E-state index contributed by atoms with van der Waals surface area (Å²) in [4.78, 5) is 15.7. The van der Waals surface area contributed by atoms with Gasteiger partial charge in [0.15, 0.2) is 0 Å². The predicted octanol–water partition coefficient (Wildman–Crippen LogP) is 3.05. The van der Waals surface area contributed by atoms with Gasteiger partial charge in [0.1, 0.15) is 17.3 Å². The van der Waals surface area contributed by atoms with Gasteiger partial charge in [-0.15, -0.1) is 0 Å². The van der Waals surface area contributed by atoms with Crippen LogP contribution in [-0.2, 0) is 0 Å². The Bertz CT molecular complexity index is 1120. The van der Waals surface area contributed by atoms with Crippen LogP contribution in [0.5, 0.6) is 0 Å². The third-order valence-corrected chi connectivity index (χ3v) is 5.63. The Kier molecular flexibility index (Phi) is 5.35. The summed E-state index contributed by atoms with van der Waals surface area (Å²) in [5.74, 6) is 14.0. The first-order valence-corrected chi connectivity index (χ1v) is 10.5. The quantitative estimate of drug-likeness (QED) is 0.513. The molecule has 2 aromatic heterocycles. The van der Waals surface area contributed by atoms with Crippen molar-refractivity contribution in [1.82, 2.24) is 30.6 Å². The summed E-state index contributed by atoms with van der Waals surface area (Å²) in [6.45, 7) is 2.12. The molecule has 3 aromatic rings. The highest BCUT2D eigenvalue weighted by atomic mass is 15.0. The Hall–Kier alpha value is -3.32. The lowest BCUT2D eigenvalue weighted by molar-refractivity contribution is 0.612. The SMILES string of the molecule is C(C#Cc1cnc(C2CCCN2)[nH]1)#Cc1ccc(-c2cnc(C3CCCN3)[nH]2)cc1. The number of rotatable bonds is 3. The van der Waals surface area contributed by atoms with Crippen LogP contribution in [0.3, 0.4) is 0 Å². The first-order chi connectivity index (χ1) is 14.8. The maximum absolute atomic E-state index is 4.54. The molecule has 4 heterocycles. The first kappa shape index (κ1) is 18.7. The Balaban J connectivity index is 1.22. The standard InChI is InChI=1S/C24H24N6/c1(2-6-19-15-27-23(29-19)20-7-3-13-25-20)5-17-9-11-18(12-10-17)22-16-28-24(30-22)21-8-4-14-26-21/h9-12,15-16,20-21,25-26H,3-4,7-8,13-14H2,(H,27,29)(H,28,30). The van der Waals surface area contributed by atoms with Crippen molar-refractivity contribution in [3.63, 3.8) is 0 Å². The zero-order valence-electron chi connectivity index (χ0n) is 16.8. The summed E-state index contributed by atoms with van der Waals surface area (Å²) in [6.07, 6.45) is 8.33. The molecule has 2 aliphatic rings. The lowest BCUT2D eigenvalue weighted by Gasteiger charge is -2.05. The highest BCUT2D eigenvalue weighted by Gasteiger charge is 2.19. The van der Waals surface area contributed by atoms with Crippen molar-refractivity contribution in [1.29, 1.82) is 0 Å². The number of nitrogens with zero attached hydrogens (tertiary/aromatic N) is 2. The molecule has 5 rings (SSSR count). The highest BCUT2D eigenvalue weighted by Crippen LogP contribution is 2.24. The Morgan fingerprint density at radius 3 is 2.13 bits per heavy atom. The molecule has 2 unspecified atom stereocenters. The second-order valence-electron chi connectivity index (χ2n) is 7.74. The molecule has 2 atom stereocenters. The summed E-state index contributed by atoms with van der Waals surface area (Å²) >= 11 is 0. The molecule has 0 spiro atoms.